The quantitative estimate of drug-likeness (QED) is 0.300. The number of hydrogen-bond donors (Lipinski definition) is 6. The van der Waals surface area contributed by atoms with Gasteiger partial charge in [-0.3, -0.25) is 19.3 Å². The monoisotopic (exact) mass is 546 g/mol. The Morgan fingerprint density at radius 1 is 1.16 bits per heavy atom. The van der Waals surface area contributed by atoms with E-state index in [4.69, 9.17) is 5.73 Å². The lowest BCUT2D eigenvalue weighted by atomic mass is 9.54. The van der Waals surface area contributed by atoms with Crippen LogP contribution in [0, 0.1) is 11.8 Å². The van der Waals surface area contributed by atoms with E-state index in [0.717, 1.165) is 0 Å². The molecule has 1 saturated carbocycles. The van der Waals surface area contributed by atoms with Gasteiger partial charge in [0, 0.05) is 28.7 Å². The van der Waals surface area contributed by atoms with Gasteiger partial charge in [-0.1, -0.05) is 32.9 Å². The fourth-order valence-corrected chi connectivity index (χ4v) is 7.16. The van der Waals surface area contributed by atoms with Crippen molar-refractivity contribution in [3.05, 3.63) is 45.7 Å². The van der Waals surface area contributed by atoms with E-state index in [9.17, 15) is 39.9 Å². The van der Waals surface area contributed by atoms with Crippen LogP contribution in [0.2, 0.25) is 0 Å². The van der Waals surface area contributed by atoms with Crippen LogP contribution in [0.1, 0.15) is 43.4 Å². The second-order valence-electron chi connectivity index (χ2n) is 11.5. The maximum Gasteiger partial charge on any atom is 0.255 e. The number of hydrogen-bond acceptors (Lipinski definition) is 10. The highest BCUT2D eigenvalue weighted by Gasteiger charge is 2.68. The average Bonchev–Trinajstić information content (AvgIpc) is 2.79. The summed E-state index contributed by atoms with van der Waals surface area (Å²) in [6.45, 7) is 5.63. The maximum atomic E-state index is 14.1. The number of aliphatic hydroxyl groups excluding tert-OH is 3. The Morgan fingerprint density at radius 2 is 1.76 bits per heavy atom. The number of aliphatic hydroxyl groups is 4. The van der Waals surface area contributed by atoms with Gasteiger partial charge in [0.1, 0.15) is 22.8 Å². The third kappa shape index (κ3) is 3.63. The molecule has 11 heteroatoms. The molecule has 0 bridgehead atoms. The maximum absolute atomic E-state index is 14.1. The molecule has 3 aliphatic carbocycles. The standard InChI is InChI=1S/C27H34N2O8S/c1-26(2,3)12-8-7-10-11(9-38-6)13-15(20(31)14(10)19(12)30)23(34)27(37)17(21(13)32)18(29(4)5)22(33)16(24(27)35)25(28)36/h7-8,11,13,17-18,21,30-32,35,37H,9H2,1-6H3,(H2,28,36)/t11?,13?,17?,18-,21?,27-/m0/s1. The van der Waals surface area contributed by atoms with Crippen molar-refractivity contribution < 1.29 is 39.9 Å². The molecule has 6 atom stereocenters. The van der Waals surface area contributed by atoms with Crippen LogP contribution in [0.5, 0.6) is 5.75 Å². The number of fused-ring (bicyclic) bond motifs is 3. The fourth-order valence-electron chi connectivity index (χ4n) is 6.42. The summed E-state index contributed by atoms with van der Waals surface area (Å²) in [4.78, 5) is 40.9. The zero-order valence-corrected chi connectivity index (χ0v) is 23.0. The van der Waals surface area contributed by atoms with Crippen LogP contribution in [0.3, 0.4) is 0 Å². The summed E-state index contributed by atoms with van der Waals surface area (Å²) in [6.07, 6.45) is 0.215. The highest BCUT2D eigenvalue weighted by atomic mass is 32.2. The number of Topliss-reactive ketones (excluding diaryl/α,β-unsaturated/α-hetero) is 2. The molecular formula is C27H34N2O8S. The van der Waals surface area contributed by atoms with Gasteiger partial charge in [0.05, 0.1) is 23.6 Å². The van der Waals surface area contributed by atoms with Crippen LogP contribution in [0.15, 0.2) is 29.0 Å². The normalized spacial score (nSPS) is 31.3. The van der Waals surface area contributed by atoms with Gasteiger partial charge in [0.15, 0.2) is 11.4 Å². The number of nitrogens with zero attached hydrogens (tertiary/aromatic N) is 1. The van der Waals surface area contributed by atoms with Gasteiger partial charge in [-0.05, 0) is 31.3 Å². The summed E-state index contributed by atoms with van der Waals surface area (Å²) in [5.74, 6) is -8.43. The summed E-state index contributed by atoms with van der Waals surface area (Å²) in [7, 11) is 2.96. The Hall–Kier alpha value is -2.86. The van der Waals surface area contributed by atoms with Crippen LogP contribution in [0.25, 0.3) is 5.76 Å². The summed E-state index contributed by atoms with van der Waals surface area (Å²) in [5.41, 5.74) is 1.63. The van der Waals surface area contributed by atoms with Gasteiger partial charge in [-0.25, -0.2) is 0 Å². The number of aromatic hydroxyl groups is 1. The van der Waals surface area contributed by atoms with E-state index < -0.39 is 75.5 Å². The number of amides is 1. The smallest absolute Gasteiger partial charge is 0.255 e. The highest BCUT2D eigenvalue weighted by Crippen LogP contribution is 2.57. The lowest BCUT2D eigenvalue weighted by Crippen LogP contribution is -2.70. The van der Waals surface area contributed by atoms with Gasteiger partial charge in [0.25, 0.3) is 5.91 Å². The zero-order valence-electron chi connectivity index (χ0n) is 22.1. The van der Waals surface area contributed by atoms with E-state index in [1.54, 1.807) is 12.1 Å². The van der Waals surface area contributed by atoms with Crippen molar-refractivity contribution in [1.82, 2.24) is 4.90 Å². The van der Waals surface area contributed by atoms with E-state index in [2.05, 4.69) is 0 Å². The minimum Gasteiger partial charge on any atom is -0.508 e. The van der Waals surface area contributed by atoms with Crippen LogP contribution >= 0.6 is 11.8 Å². The summed E-state index contributed by atoms with van der Waals surface area (Å²) in [5, 5.41) is 57.4. The number of thioether (sulfide) groups is 1. The fraction of sp³-hybridized carbons (Fsp3) is 0.519. The first-order valence-electron chi connectivity index (χ1n) is 12.2. The van der Waals surface area contributed by atoms with Gasteiger partial charge in [-0.15, -0.1) is 0 Å². The predicted molar refractivity (Wildman–Crippen MR) is 142 cm³/mol. The Bertz CT molecular complexity index is 1310. The Balaban J connectivity index is 2.09. The van der Waals surface area contributed by atoms with Gasteiger partial charge < -0.3 is 31.3 Å². The number of likely N-dealkylation sites (N-methyl/N-ethyl adjacent to an activating group) is 1. The van der Waals surface area contributed by atoms with Crippen molar-refractivity contribution in [2.24, 2.45) is 17.6 Å². The molecule has 206 valence electrons. The van der Waals surface area contributed by atoms with Crippen molar-refractivity contribution in [1.29, 1.82) is 0 Å². The number of primary amides is 1. The molecule has 0 saturated heterocycles. The summed E-state index contributed by atoms with van der Waals surface area (Å²) in [6, 6.07) is 2.11. The Labute approximate surface area is 224 Å². The molecule has 1 amide bonds. The SMILES string of the molecule is CSCC1c2ccc(C(C)(C)C)c(O)c2C(O)=C2C(=O)[C@]3(O)C(O)=C(C(N)=O)C(=O)[C@@H](N(C)C)C3C(O)C21. The van der Waals surface area contributed by atoms with E-state index in [1.807, 2.05) is 27.0 Å². The number of carbonyl (C=O) groups is 3. The summed E-state index contributed by atoms with van der Waals surface area (Å²) < 4.78 is 0. The number of carbonyl (C=O) groups excluding carboxylic acids is 3. The van der Waals surface area contributed by atoms with Crippen LogP contribution in [-0.4, -0.2) is 91.8 Å². The molecular weight excluding hydrogens is 512 g/mol. The molecule has 1 fully saturated rings. The van der Waals surface area contributed by atoms with Crippen LogP contribution in [-0.2, 0) is 19.8 Å². The second kappa shape index (κ2) is 9.11. The second-order valence-corrected chi connectivity index (χ2v) is 12.4. The molecule has 38 heavy (non-hydrogen) atoms. The highest BCUT2D eigenvalue weighted by molar-refractivity contribution is 7.98. The lowest BCUT2D eigenvalue weighted by Gasteiger charge is -2.54. The summed E-state index contributed by atoms with van der Waals surface area (Å²) >= 11 is 1.42. The Kier molecular flexibility index (Phi) is 6.75. The van der Waals surface area contributed by atoms with Crippen molar-refractivity contribution in [3.8, 4) is 5.75 Å². The number of phenolic OH excluding ortho intramolecular Hbond substituents is 1. The third-order valence-electron chi connectivity index (χ3n) is 8.09. The van der Waals surface area contributed by atoms with Crippen LogP contribution < -0.4 is 5.73 Å². The van der Waals surface area contributed by atoms with Crippen LogP contribution in [0.4, 0.5) is 0 Å². The number of ketones is 2. The molecule has 3 aliphatic rings. The zero-order chi connectivity index (χ0) is 28.6. The predicted octanol–water partition coefficient (Wildman–Crippen LogP) is 1.14. The van der Waals surface area contributed by atoms with E-state index in [0.29, 0.717) is 16.9 Å². The van der Waals surface area contributed by atoms with E-state index in [-0.39, 0.29) is 16.9 Å². The first kappa shape index (κ1) is 28.2. The number of rotatable bonds is 4. The van der Waals surface area contributed by atoms with Crippen molar-refractivity contribution in [2.45, 2.75) is 49.9 Å². The molecule has 0 radical (unpaired) electrons. The Morgan fingerprint density at radius 3 is 2.26 bits per heavy atom. The minimum atomic E-state index is -2.93. The van der Waals surface area contributed by atoms with E-state index >= 15 is 0 Å². The molecule has 0 aliphatic heterocycles. The van der Waals surface area contributed by atoms with Crippen molar-refractivity contribution in [3.63, 3.8) is 0 Å². The number of nitrogens with two attached hydrogens (primary N) is 1. The molecule has 4 unspecified atom stereocenters. The molecule has 1 aromatic rings. The minimum absolute atomic E-state index is 0.0139. The van der Waals surface area contributed by atoms with Gasteiger partial charge in [-0.2, -0.15) is 11.8 Å². The number of phenols is 1. The first-order valence-corrected chi connectivity index (χ1v) is 13.6. The molecule has 10 nitrogen and oxygen atoms in total. The molecule has 0 aromatic heterocycles. The average molecular weight is 547 g/mol. The molecule has 4 rings (SSSR count). The molecule has 1 aromatic carbocycles. The van der Waals surface area contributed by atoms with Gasteiger partial charge in [0.2, 0.25) is 5.78 Å². The largest absolute Gasteiger partial charge is 0.508 e. The van der Waals surface area contributed by atoms with Gasteiger partial charge >= 0.3 is 0 Å². The third-order valence-corrected chi connectivity index (χ3v) is 8.78. The van der Waals surface area contributed by atoms with E-state index in [1.165, 1.54) is 30.8 Å². The number of benzene rings is 1. The van der Waals surface area contributed by atoms with Crippen molar-refractivity contribution >= 4 is 35.0 Å². The first-order chi connectivity index (χ1) is 17.5. The molecule has 7 N–H and O–H groups in total. The topological polar surface area (TPSA) is 182 Å². The molecule has 0 spiro atoms. The van der Waals surface area contributed by atoms with Crippen molar-refractivity contribution in [2.75, 3.05) is 26.1 Å². The molecule has 0 heterocycles. The lowest BCUT2D eigenvalue weighted by molar-refractivity contribution is -0.169.